The highest BCUT2D eigenvalue weighted by molar-refractivity contribution is 7.89. The van der Waals surface area contributed by atoms with Gasteiger partial charge in [-0.15, -0.1) is 0 Å². The second-order valence-electron chi connectivity index (χ2n) is 11.8. The Labute approximate surface area is 269 Å². The Hall–Kier alpha value is -3.71. The number of carbonyl (C=O) groups is 1. The highest BCUT2D eigenvalue weighted by Crippen LogP contribution is 2.44. The number of aliphatic hydroxyl groups is 2. The van der Waals surface area contributed by atoms with E-state index < -0.39 is 67.8 Å². The Balaban J connectivity index is 1.53. The first kappa shape index (κ1) is 35.1. The normalized spacial score (nSPS) is 17.5. The molecule has 1 heterocycles. The molecule has 2 unspecified atom stereocenters. The van der Waals surface area contributed by atoms with Gasteiger partial charge in [-0.2, -0.15) is 4.31 Å². The number of halogens is 1. The molecule has 3 aromatic rings. The lowest BCUT2D eigenvalue weighted by Crippen LogP contribution is -2.49. The van der Waals surface area contributed by atoms with Crippen LogP contribution in [0.1, 0.15) is 50.2 Å². The number of nitro benzene ring substituents is 1. The lowest BCUT2D eigenvalue weighted by Gasteiger charge is -2.43. The molecule has 0 aromatic heterocycles. The number of aryl methyl sites for hydroxylation is 1. The van der Waals surface area contributed by atoms with Crippen molar-refractivity contribution in [1.29, 1.82) is 0 Å². The van der Waals surface area contributed by atoms with Gasteiger partial charge in [0.15, 0.2) is 4.90 Å². The van der Waals surface area contributed by atoms with Crippen molar-refractivity contribution in [2.75, 3.05) is 26.7 Å². The van der Waals surface area contributed by atoms with Crippen LogP contribution < -0.4 is 0 Å². The number of amides is 1. The second kappa shape index (κ2) is 14.8. The first-order chi connectivity index (χ1) is 21.8. The topological polar surface area (TPSA) is 141 Å². The van der Waals surface area contributed by atoms with Crippen LogP contribution >= 0.6 is 0 Å². The van der Waals surface area contributed by atoms with Crippen LogP contribution in [0.2, 0.25) is 0 Å². The number of hydrogen-bond donors (Lipinski definition) is 2. The number of rotatable bonds is 13. The quantitative estimate of drug-likeness (QED) is 0.194. The van der Waals surface area contributed by atoms with E-state index in [0.717, 1.165) is 28.4 Å². The molecule has 1 radical (unpaired) electrons. The van der Waals surface area contributed by atoms with E-state index in [9.17, 15) is 33.5 Å². The number of sulfonamides is 1. The Bertz CT molecular complexity index is 1670. The molecule has 1 fully saturated rings. The molecule has 247 valence electrons. The molecule has 0 saturated carbocycles. The highest BCUT2D eigenvalue weighted by Gasteiger charge is 2.43. The maximum atomic E-state index is 15.5. The van der Waals surface area contributed by atoms with E-state index in [1.807, 2.05) is 31.2 Å². The monoisotopic (exact) mass is 654 g/mol. The summed E-state index contributed by atoms with van der Waals surface area (Å²) in [6, 6.07) is 17.1. The smallest absolute Gasteiger partial charge is 0.289 e. The number of aliphatic hydroxyl groups excluding tert-OH is 1. The summed E-state index contributed by atoms with van der Waals surface area (Å²) < 4.78 is 42.5. The molecule has 1 saturated heterocycles. The molecule has 0 bridgehead atoms. The average Bonchev–Trinajstić information content (AvgIpc) is 3.04. The summed E-state index contributed by atoms with van der Waals surface area (Å²) in [5.74, 6) is -1.35. The van der Waals surface area contributed by atoms with E-state index in [4.69, 9.17) is 0 Å². The van der Waals surface area contributed by atoms with Crippen LogP contribution in [0.3, 0.4) is 0 Å². The standard InChI is InChI=1S/C34H41FN3O7S/c1-4-18-34(41,28-14-9-15-29(35)33(28)25-12-8-11-24(5-2)20-25)26-13-10-19-37(22-26)32(40)21-27(39)23-36(3)46(44,45)31-17-7-6-16-30(31)38(42)43/h6-9,11-12,14-17,20,26-27,39,41H,1,4-5,10,13,18-19,21-23H2,2-3H3/t26-,27?,34?/m1/s1. The maximum Gasteiger partial charge on any atom is 0.289 e. The SMILES string of the molecule is [CH2]CCC(O)(c1cccc(F)c1-c1cccc(CC)c1)[C@@H]1CCCN(C(=O)CC(O)CN(C)S(=O)(=O)c2ccccc2[N+](=O)[O-])C1. The van der Waals surface area contributed by atoms with Gasteiger partial charge < -0.3 is 15.1 Å². The average molecular weight is 655 g/mol. The number of likely N-dealkylation sites (N-methyl/N-ethyl adjacent to an activating group) is 1. The number of likely N-dealkylation sites (tertiary alicyclic amines) is 1. The van der Waals surface area contributed by atoms with Gasteiger partial charge in [0, 0.05) is 44.2 Å². The molecule has 0 aliphatic carbocycles. The van der Waals surface area contributed by atoms with E-state index in [2.05, 4.69) is 6.92 Å². The molecule has 3 atom stereocenters. The van der Waals surface area contributed by atoms with Gasteiger partial charge in [-0.25, -0.2) is 12.8 Å². The van der Waals surface area contributed by atoms with Gasteiger partial charge in [-0.05, 0) is 54.5 Å². The van der Waals surface area contributed by atoms with Crippen molar-refractivity contribution in [2.24, 2.45) is 5.92 Å². The van der Waals surface area contributed by atoms with Crippen molar-refractivity contribution >= 4 is 21.6 Å². The van der Waals surface area contributed by atoms with E-state index >= 15 is 4.39 Å². The number of para-hydroxylation sites is 1. The number of nitro groups is 1. The third-order valence-corrected chi connectivity index (χ3v) is 10.6. The fourth-order valence-corrected chi connectivity index (χ4v) is 7.69. The van der Waals surface area contributed by atoms with Crippen molar-refractivity contribution in [3.05, 3.63) is 101 Å². The minimum Gasteiger partial charge on any atom is -0.391 e. The summed E-state index contributed by atoms with van der Waals surface area (Å²) in [6.07, 6.45) is 0.714. The minimum absolute atomic E-state index is 0.150. The molecule has 3 aromatic carbocycles. The summed E-state index contributed by atoms with van der Waals surface area (Å²) in [5, 5.41) is 34.5. The van der Waals surface area contributed by atoms with Gasteiger partial charge in [0.2, 0.25) is 15.9 Å². The predicted molar refractivity (Wildman–Crippen MR) is 173 cm³/mol. The molecule has 1 aliphatic heterocycles. The summed E-state index contributed by atoms with van der Waals surface area (Å²) in [5.41, 5.74) is 0.342. The third kappa shape index (κ3) is 7.46. The van der Waals surface area contributed by atoms with Gasteiger partial charge in [0.25, 0.3) is 5.69 Å². The fourth-order valence-electron chi connectivity index (χ4n) is 6.33. The first-order valence-electron chi connectivity index (χ1n) is 15.4. The van der Waals surface area contributed by atoms with Gasteiger partial charge in [0.05, 0.1) is 23.0 Å². The van der Waals surface area contributed by atoms with Gasteiger partial charge >= 0.3 is 0 Å². The molecule has 1 aliphatic rings. The molecule has 12 heteroatoms. The van der Waals surface area contributed by atoms with Crippen molar-refractivity contribution in [3.8, 4) is 11.1 Å². The van der Waals surface area contributed by atoms with Crippen LogP contribution in [-0.4, -0.2) is 71.5 Å². The van der Waals surface area contributed by atoms with Crippen LogP contribution in [0.4, 0.5) is 10.1 Å². The summed E-state index contributed by atoms with van der Waals surface area (Å²) in [7, 11) is -3.15. The van der Waals surface area contributed by atoms with Crippen molar-refractivity contribution in [1.82, 2.24) is 9.21 Å². The summed E-state index contributed by atoms with van der Waals surface area (Å²) in [6.45, 7) is 6.03. The zero-order valence-corrected chi connectivity index (χ0v) is 27.0. The Kier molecular flexibility index (Phi) is 11.3. The van der Waals surface area contributed by atoms with E-state index in [-0.39, 0.29) is 13.0 Å². The molecule has 2 N–H and O–H groups in total. The molecule has 0 spiro atoms. The number of carbonyl (C=O) groups excluding carboxylic acids is 1. The molecule has 46 heavy (non-hydrogen) atoms. The Morgan fingerprint density at radius 3 is 2.61 bits per heavy atom. The van der Waals surface area contributed by atoms with E-state index in [1.165, 1.54) is 25.2 Å². The largest absolute Gasteiger partial charge is 0.391 e. The van der Waals surface area contributed by atoms with E-state index in [1.54, 1.807) is 17.0 Å². The molecule has 10 nitrogen and oxygen atoms in total. The van der Waals surface area contributed by atoms with Crippen molar-refractivity contribution in [3.63, 3.8) is 0 Å². The number of nitrogens with zero attached hydrogens (tertiary/aromatic N) is 3. The van der Waals surface area contributed by atoms with Crippen LogP contribution in [-0.2, 0) is 26.8 Å². The van der Waals surface area contributed by atoms with Crippen molar-refractivity contribution in [2.45, 2.75) is 62.0 Å². The number of benzene rings is 3. The zero-order chi connectivity index (χ0) is 33.6. The predicted octanol–water partition coefficient (Wildman–Crippen LogP) is 5.08. The summed E-state index contributed by atoms with van der Waals surface area (Å²) in [4.78, 5) is 25.0. The maximum absolute atomic E-state index is 15.5. The van der Waals surface area contributed by atoms with E-state index in [0.29, 0.717) is 42.5 Å². The summed E-state index contributed by atoms with van der Waals surface area (Å²) >= 11 is 0. The second-order valence-corrected chi connectivity index (χ2v) is 13.8. The Morgan fingerprint density at radius 1 is 1.20 bits per heavy atom. The molecular formula is C34H41FN3O7S. The minimum atomic E-state index is -4.33. The Morgan fingerprint density at radius 2 is 1.91 bits per heavy atom. The number of hydrogen-bond acceptors (Lipinski definition) is 7. The lowest BCUT2D eigenvalue weighted by atomic mass is 9.72. The van der Waals surface area contributed by atoms with Crippen LogP contribution in [0.5, 0.6) is 0 Å². The van der Waals surface area contributed by atoms with Gasteiger partial charge in [0.1, 0.15) is 5.82 Å². The molecule has 1 amide bonds. The lowest BCUT2D eigenvalue weighted by molar-refractivity contribution is -0.387. The molecular weight excluding hydrogens is 613 g/mol. The van der Waals surface area contributed by atoms with Crippen molar-refractivity contribution < 1.29 is 32.7 Å². The number of piperidine rings is 1. The fraction of sp³-hybridized carbons (Fsp3) is 0.412. The van der Waals surface area contributed by atoms with Gasteiger partial charge in [-0.3, -0.25) is 14.9 Å². The van der Waals surface area contributed by atoms with Crippen LogP contribution in [0.15, 0.2) is 71.6 Å². The highest BCUT2D eigenvalue weighted by atomic mass is 32.2. The zero-order valence-electron chi connectivity index (χ0n) is 26.1. The van der Waals surface area contributed by atoms with Crippen LogP contribution in [0, 0.1) is 28.8 Å². The first-order valence-corrected chi connectivity index (χ1v) is 16.8. The van der Waals surface area contributed by atoms with Crippen LogP contribution in [0.25, 0.3) is 11.1 Å². The van der Waals surface area contributed by atoms with Gasteiger partial charge in [-0.1, -0.05) is 68.8 Å². The third-order valence-electron chi connectivity index (χ3n) is 8.74. The molecule has 4 rings (SSSR count).